The molecule has 1 fully saturated rings. The molecule has 2 aromatic rings. The second kappa shape index (κ2) is 11.5. The fourth-order valence-corrected chi connectivity index (χ4v) is 3.84. The van der Waals surface area contributed by atoms with Crippen LogP contribution < -0.4 is 15.4 Å². The Balaban J connectivity index is 1.65. The number of carbonyl (C=O) groups is 3. The Labute approximate surface area is 218 Å². The molecule has 1 saturated heterocycles. The van der Waals surface area contributed by atoms with Crippen LogP contribution in [0.15, 0.2) is 54.6 Å². The number of rotatable bonds is 6. The highest BCUT2D eigenvalue weighted by atomic mass is 16.6. The van der Waals surface area contributed by atoms with Crippen LogP contribution in [0, 0.1) is 5.92 Å². The van der Waals surface area contributed by atoms with Gasteiger partial charge in [0.25, 0.3) is 0 Å². The van der Waals surface area contributed by atoms with Gasteiger partial charge in [-0.25, -0.2) is 9.59 Å². The number of hydrogen-bond acceptors (Lipinski definition) is 6. The van der Waals surface area contributed by atoms with Crippen LogP contribution in [0.25, 0.3) is 0 Å². The van der Waals surface area contributed by atoms with Gasteiger partial charge in [-0.1, -0.05) is 18.2 Å². The van der Waals surface area contributed by atoms with E-state index in [0.29, 0.717) is 23.6 Å². The third kappa shape index (κ3) is 9.00. The number of hydrogen-bond donors (Lipinski definition) is 2. The summed E-state index contributed by atoms with van der Waals surface area (Å²) in [4.78, 5) is 39.7. The average Bonchev–Trinajstić information content (AvgIpc) is 3.22. The van der Waals surface area contributed by atoms with E-state index in [0.717, 1.165) is 0 Å². The molecule has 0 saturated carbocycles. The highest BCUT2D eigenvalue weighted by molar-refractivity contribution is 5.97. The number of para-hydroxylation sites is 1. The van der Waals surface area contributed by atoms with E-state index in [-0.39, 0.29) is 24.9 Å². The maximum Gasteiger partial charge on any atom is 0.410 e. The van der Waals surface area contributed by atoms with E-state index >= 15 is 0 Å². The van der Waals surface area contributed by atoms with Crippen molar-refractivity contribution in [3.05, 3.63) is 54.6 Å². The molecule has 9 heteroatoms. The Kier molecular flexibility index (Phi) is 8.68. The molecule has 0 radical (unpaired) electrons. The Morgan fingerprint density at radius 3 is 2.05 bits per heavy atom. The maximum atomic E-state index is 13.2. The molecule has 0 aliphatic carbocycles. The van der Waals surface area contributed by atoms with Crippen LogP contribution in [0.2, 0.25) is 0 Å². The number of alkyl carbamates (subject to hydrolysis) is 1. The fraction of sp³-hybridized carbons (Fsp3) is 0.464. The number of amides is 3. The van der Waals surface area contributed by atoms with Crippen LogP contribution in [-0.2, 0) is 14.3 Å². The molecule has 2 aromatic carbocycles. The summed E-state index contributed by atoms with van der Waals surface area (Å²) in [5.74, 6) is 0.873. The summed E-state index contributed by atoms with van der Waals surface area (Å²) >= 11 is 0. The minimum absolute atomic E-state index is 0.141. The average molecular weight is 512 g/mol. The van der Waals surface area contributed by atoms with E-state index in [1.807, 2.05) is 30.3 Å². The topological polar surface area (TPSA) is 106 Å². The zero-order valence-electron chi connectivity index (χ0n) is 22.4. The highest BCUT2D eigenvalue weighted by Gasteiger charge is 2.41. The van der Waals surface area contributed by atoms with Gasteiger partial charge in [0.05, 0.1) is 0 Å². The predicted molar refractivity (Wildman–Crippen MR) is 141 cm³/mol. The van der Waals surface area contributed by atoms with Gasteiger partial charge in [0, 0.05) is 18.8 Å². The van der Waals surface area contributed by atoms with E-state index in [9.17, 15) is 14.4 Å². The van der Waals surface area contributed by atoms with E-state index < -0.39 is 29.4 Å². The molecule has 1 aliphatic heterocycles. The first-order valence-corrected chi connectivity index (χ1v) is 12.4. The smallest absolute Gasteiger partial charge is 0.410 e. The van der Waals surface area contributed by atoms with Crippen LogP contribution in [0.5, 0.6) is 11.5 Å². The monoisotopic (exact) mass is 511 g/mol. The third-order valence-corrected chi connectivity index (χ3v) is 5.35. The Morgan fingerprint density at radius 1 is 0.865 bits per heavy atom. The zero-order valence-corrected chi connectivity index (χ0v) is 22.4. The molecular weight excluding hydrogens is 474 g/mol. The number of likely N-dealkylation sites (tertiary alicyclic amines) is 1. The molecule has 1 heterocycles. The predicted octanol–water partition coefficient (Wildman–Crippen LogP) is 5.57. The summed E-state index contributed by atoms with van der Waals surface area (Å²) in [6.07, 6.45) is -0.739. The summed E-state index contributed by atoms with van der Waals surface area (Å²) in [5, 5.41) is 5.62. The van der Waals surface area contributed by atoms with Crippen molar-refractivity contribution in [2.24, 2.45) is 5.92 Å². The van der Waals surface area contributed by atoms with Crippen LogP contribution >= 0.6 is 0 Å². The van der Waals surface area contributed by atoms with Crippen molar-refractivity contribution < 1.29 is 28.6 Å². The van der Waals surface area contributed by atoms with Gasteiger partial charge in [-0.05, 0) is 90.3 Å². The van der Waals surface area contributed by atoms with Crippen LogP contribution in [0.1, 0.15) is 48.0 Å². The first-order valence-electron chi connectivity index (χ1n) is 12.4. The molecule has 2 atom stereocenters. The van der Waals surface area contributed by atoms with Crippen molar-refractivity contribution in [1.82, 2.24) is 10.2 Å². The molecule has 3 rings (SSSR count). The summed E-state index contributed by atoms with van der Waals surface area (Å²) in [7, 11) is 0. The molecule has 2 N–H and O–H groups in total. The van der Waals surface area contributed by atoms with Crippen molar-refractivity contribution in [1.29, 1.82) is 0 Å². The zero-order chi connectivity index (χ0) is 27.2. The third-order valence-electron chi connectivity index (χ3n) is 5.35. The highest BCUT2D eigenvalue weighted by Crippen LogP contribution is 2.28. The van der Waals surface area contributed by atoms with Gasteiger partial charge in [-0.3, -0.25) is 9.69 Å². The van der Waals surface area contributed by atoms with E-state index in [2.05, 4.69) is 10.6 Å². The molecule has 3 amide bonds. The van der Waals surface area contributed by atoms with Crippen LogP contribution in [0.4, 0.5) is 15.3 Å². The largest absolute Gasteiger partial charge is 0.457 e. The van der Waals surface area contributed by atoms with Gasteiger partial charge in [0.2, 0.25) is 5.91 Å². The number of anilines is 1. The summed E-state index contributed by atoms with van der Waals surface area (Å²) in [6, 6.07) is 15.6. The number of nitrogens with one attached hydrogen (secondary N) is 2. The number of benzene rings is 2. The standard InChI is InChI=1S/C28H37N3O6/c1-27(2,3)36-25(33)29-17-19-16-23(31(18-19)26(34)37-28(4,5)6)24(32)30-20-12-14-22(15-13-20)35-21-10-8-7-9-11-21/h7-15,19,23H,16-18H2,1-6H3,(H,29,33)(H,30,32)/t19-,23-/m0/s1. The van der Waals surface area contributed by atoms with Gasteiger partial charge >= 0.3 is 12.2 Å². The lowest BCUT2D eigenvalue weighted by atomic mass is 10.1. The number of nitrogens with zero attached hydrogens (tertiary/aromatic N) is 1. The normalized spacial score (nSPS) is 17.6. The van der Waals surface area contributed by atoms with Gasteiger partial charge in [0.15, 0.2) is 0 Å². The number of ether oxygens (including phenoxy) is 3. The van der Waals surface area contributed by atoms with Crippen molar-refractivity contribution in [2.75, 3.05) is 18.4 Å². The molecule has 0 aromatic heterocycles. The molecule has 0 bridgehead atoms. The minimum atomic E-state index is -0.750. The lowest BCUT2D eigenvalue weighted by Gasteiger charge is -2.28. The van der Waals surface area contributed by atoms with Gasteiger partial charge in [-0.15, -0.1) is 0 Å². The number of carbonyl (C=O) groups excluding carboxylic acids is 3. The van der Waals surface area contributed by atoms with Crippen LogP contribution in [0.3, 0.4) is 0 Å². The SMILES string of the molecule is CC(C)(C)OC(=O)NC[C@@H]1C[C@@H](C(=O)Nc2ccc(Oc3ccccc3)cc2)N(C(=O)OC(C)(C)C)C1. The summed E-state index contributed by atoms with van der Waals surface area (Å²) in [6.45, 7) is 11.2. The maximum absolute atomic E-state index is 13.2. The Bertz CT molecular complexity index is 1070. The Morgan fingerprint density at radius 2 is 1.46 bits per heavy atom. The lowest BCUT2D eigenvalue weighted by molar-refractivity contribution is -0.120. The molecule has 0 spiro atoms. The quantitative estimate of drug-likeness (QED) is 0.525. The first kappa shape index (κ1) is 27.8. The van der Waals surface area contributed by atoms with E-state index in [1.54, 1.807) is 65.8 Å². The molecule has 200 valence electrons. The lowest BCUT2D eigenvalue weighted by Crippen LogP contribution is -2.45. The minimum Gasteiger partial charge on any atom is -0.457 e. The second-order valence-corrected chi connectivity index (χ2v) is 11.1. The second-order valence-electron chi connectivity index (χ2n) is 11.1. The molecule has 1 aliphatic rings. The van der Waals surface area contributed by atoms with Crippen molar-refractivity contribution in [3.63, 3.8) is 0 Å². The van der Waals surface area contributed by atoms with E-state index in [4.69, 9.17) is 14.2 Å². The van der Waals surface area contributed by atoms with Crippen molar-refractivity contribution >= 4 is 23.8 Å². The molecule has 0 unspecified atom stereocenters. The summed E-state index contributed by atoms with van der Waals surface area (Å²) in [5.41, 5.74) is -0.753. The van der Waals surface area contributed by atoms with Crippen molar-refractivity contribution in [2.45, 2.75) is 65.2 Å². The van der Waals surface area contributed by atoms with Crippen LogP contribution in [-0.4, -0.2) is 53.3 Å². The van der Waals surface area contributed by atoms with Gasteiger partial charge < -0.3 is 24.8 Å². The Hall–Kier alpha value is -3.75. The molecular formula is C28H37N3O6. The van der Waals surface area contributed by atoms with Crippen molar-refractivity contribution in [3.8, 4) is 11.5 Å². The molecule has 9 nitrogen and oxygen atoms in total. The summed E-state index contributed by atoms with van der Waals surface area (Å²) < 4.78 is 16.6. The van der Waals surface area contributed by atoms with Gasteiger partial charge in [0.1, 0.15) is 28.7 Å². The van der Waals surface area contributed by atoms with E-state index in [1.165, 1.54) is 4.90 Å². The first-order chi connectivity index (χ1) is 17.3. The van der Waals surface area contributed by atoms with Gasteiger partial charge in [-0.2, -0.15) is 0 Å². The fourth-order valence-electron chi connectivity index (χ4n) is 3.84. The molecule has 37 heavy (non-hydrogen) atoms.